The molecular weight excluding hydrogens is 408 g/mol. The molecule has 6 nitrogen and oxygen atoms in total. The van der Waals surface area contributed by atoms with E-state index in [9.17, 15) is 4.79 Å². The van der Waals surface area contributed by atoms with Crippen molar-refractivity contribution in [3.05, 3.63) is 90.2 Å². The van der Waals surface area contributed by atoms with Gasteiger partial charge in [0.2, 0.25) is 5.91 Å². The SMILES string of the molecule is O=C(Cc1cccc2ccccc12)N/N=C/c1ccc(Sc2nc3ccccc3[nH]2)o1. The van der Waals surface area contributed by atoms with Crippen LogP contribution in [0.2, 0.25) is 0 Å². The van der Waals surface area contributed by atoms with Gasteiger partial charge in [-0.05, 0) is 52.4 Å². The predicted octanol–water partition coefficient (Wildman–Crippen LogP) is 5.15. The van der Waals surface area contributed by atoms with Gasteiger partial charge in [-0.2, -0.15) is 5.10 Å². The summed E-state index contributed by atoms with van der Waals surface area (Å²) in [5.74, 6) is 0.361. The molecular formula is C24H18N4O2S. The summed E-state index contributed by atoms with van der Waals surface area (Å²) in [6.45, 7) is 0. The van der Waals surface area contributed by atoms with E-state index in [0.717, 1.165) is 32.5 Å². The van der Waals surface area contributed by atoms with Crippen LogP contribution in [0.1, 0.15) is 11.3 Å². The molecule has 0 atom stereocenters. The van der Waals surface area contributed by atoms with Crippen molar-refractivity contribution in [3.8, 4) is 0 Å². The predicted molar refractivity (Wildman–Crippen MR) is 122 cm³/mol. The van der Waals surface area contributed by atoms with Crippen molar-refractivity contribution in [2.24, 2.45) is 5.10 Å². The maximum atomic E-state index is 12.3. The fourth-order valence-electron chi connectivity index (χ4n) is 3.36. The molecule has 2 aromatic heterocycles. The molecule has 0 aliphatic carbocycles. The first-order valence-electron chi connectivity index (χ1n) is 9.75. The molecule has 0 aliphatic rings. The number of rotatable bonds is 6. The van der Waals surface area contributed by atoms with Crippen LogP contribution in [0, 0.1) is 0 Å². The monoisotopic (exact) mass is 426 g/mol. The summed E-state index contributed by atoms with van der Waals surface area (Å²) in [5, 5.41) is 7.64. The number of para-hydroxylation sites is 2. The van der Waals surface area contributed by atoms with Gasteiger partial charge in [0.1, 0.15) is 5.76 Å². The topological polar surface area (TPSA) is 83.3 Å². The Bertz CT molecular complexity index is 1360. The zero-order valence-corrected chi connectivity index (χ0v) is 17.2. The van der Waals surface area contributed by atoms with Gasteiger partial charge in [0.05, 0.1) is 23.7 Å². The van der Waals surface area contributed by atoms with Crippen molar-refractivity contribution in [1.82, 2.24) is 15.4 Å². The van der Waals surface area contributed by atoms with Crippen LogP contribution in [0.3, 0.4) is 0 Å². The van der Waals surface area contributed by atoms with Gasteiger partial charge in [-0.25, -0.2) is 10.4 Å². The van der Waals surface area contributed by atoms with E-state index in [1.807, 2.05) is 72.8 Å². The largest absolute Gasteiger partial charge is 0.448 e. The molecule has 2 N–H and O–H groups in total. The molecule has 5 aromatic rings. The molecule has 0 unspecified atom stereocenters. The van der Waals surface area contributed by atoms with E-state index in [1.165, 1.54) is 18.0 Å². The summed E-state index contributed by atoms with van der Waals surface area (Å²) in [5.41, 5.74) is 5.42. The molecule has 0 saturated carbocycles. The average molecular weight is 427 g/mol. The van der Waals surface area contributed by atoms with Crippen LogP contribution in [0.15, 0.2) is 98.6 Å². The number of carbonyl (C=O) groups is 1. The van der Waals surface area contributed by atoms with Crippen LogP contribution in [0.5, 0.6) is 0 Å². The second kappa shape index (κ2) is 8.49. The number of furan rings is 1. The second-order valence-electron chi connectivity index (χ2n) is 6.93. The van der Waals surface area contributed by atoms with Crippen LogP contribution in [0.25, 0.3) is 21.8 Å². The van der Waals surface area contributed by atoms with E-state index >= 15 is 0 Å². The van der Waals surface area contributed by atoms with Crippen molar-refractivity contribution in [1.29, 1.82) is 0 Å². The standard InChI is InChI=1S/C24H18N4O2S/c29-22(14-17-8-5-7-16-6-1-2-9-19(16)17)28-25-15-18-12-13-23(30-18)31-24-26-20-10-3-4-11-21(20)27-24/h1-13,15H,14H2,(H,26,27)(H,28,29)/b25-15+. The van der Waals surface area contributed by atoms with Crippen molar-refractivity contribution >= 4 is 45.7 Å². The minimum atomic E-state index is -0.184. The zero-order chi connectivity index (χ0) is 21.0. The van der Waals surface area contributed by atoms with Crippen LogP contribution in [-0.4, -0.2) is 22.1 Å². The average Bonchev–Trinajstić information content (AvgIpc) is 3.40. The number of carbonyl (C=O) groups excluding carboxylic acids is 1. The number of H-pyrrole nitrogens is 1. The van der Waals surface area contributed by atoms with E-state index in [4.69, 9.17) is 4.42 Å². The summed E-state index contributed by atoms with van der Waals surface area (Å²) in [6.07, 6.45) is 1.74. The lowest BCUT2D eigenvalue weighted by Gasteiger charge is -2.05. The summed E-state index contributed by atoms with van der Waals surface area (Å²) in [7, 11) is 0. The first-order valence-corrected chi connectivity index (χ1v) is 10.6. The summed E-state index contributed by atoms with van der Waals surface area (Å²) < 4.78 is 5.74. The number of amides is 1. The Balaban J connectivity index is 1.20. The van der Waals surface area contributed by atoms with Crippen LogP contribution < -0.4 is 5.43 Å². The van der Waals surface area contributed by atoms with E-state index in [1.54, 1.807) is 6.07 Å². The molecule has 0 fully saturated rings. The minimum Gasteiger partial charge on any atom is -0.448 e. The zero-order valence-electron chi connectivity index (χ0n) is 16.4. The Morgan fingerprint density at radius 1 is 1.03 bits per heavy atom. The van der Waals surface area contributed by atoms with Gasteiger partial charge in [0.15, 0.2) is 10.2 Å². The van der Waals surface area contributed by atoms with Gasteiger partial charge in [0, 0.05) is 0 Å². The maximum absolute atomic E-state index is 12.3. The molecule has 7 heteroatoms. The molecule has 152 valence electrons. The first-order chi connectivity index (χ1) is 15.2. The molecule has 0 bridgehead atoms. The number of hydrazone groups is 1. The number of aromatic amines is 1. The molecule has 0 radical (unpaired) electrons. The second-order valence-corrected chi connectivity index (χ2v) is 7.92. The van der Waals surface area contributed by atoms with E-state index in [2.05, 4.69) is 20.5 Å². The van der Waals surface area contributed by atoms with Crippen LogP contribution in [0.4, 0.5) is 0 Å². The van der Waals surface area contributed by atoms with Crippen LogP contribution in [-0.2, 0) is 11.2 Å². The normalized spacial score (nSPS) is 11.5. The minimum absolute atomic E-state index is 0.184. The van der Waals surface area contributed by atoms with Gasteiger partial charge < -0.3 is 9.40 Å². The van der Waals surface area contributed by atoms with Gasteiger partial charge in [-0.15, -0.1) is 0 Å². The van der Waals surface area contributed by atoms with E-state index < -0.39 is 0 Å². The lowest BCUT2D eigenvalue weighted by molar-refractivity contribution is -0.120. The summed E-state index contributed by atoms with van der Waals surface area (Å²) in [6, 6.07) is 25.5. The van der Waals surface area contributed by atoms with Gasteiger partial charge >= 0.3 is 0 Å². The third kappa shape index (κ3) is 4.36. The number of nitrogens with one attached hydrogen (secondary N) is 2. The third-order valence-electron chi connectivity index (χ3n) is 4.78. The Labute approximate surface area is 182 Å². The Hall–Kier alpha value is -3.84. The quantitative estimate of drug-likeness (QED) is 0.290. The number of fused-ring (bicyclic) bond motifs is 2. The first kappa shape index (κ1) is 19.1. The van der Waals surface area contributed by atoms with Gasteiger partial charge in [-0.3, -0.25) is 4.79 Å². The highest BCUT2D eigenvalue weighted by Gasteiger charge is 2.08. The van der Waals surface area contributed by atoms with E-state index in [-0.39, 0.29) is 12.3 Å². The Kier molecular flexibility index (Phi) is 5.24. The third-order valence-corrected chi connectivity index (χ3v) is 5.59. The highest BCUT2D eigenvalue weighted by atomic mass is 32.2. The number of benzene rings is 3. The highest BCUT2D eigenvalue weighted by Crippen LogP contribution is 2.28. The number of hydrogen-bond acceptors (Lipinski definition) is 5. The van der Waals surface area contributed by atoms with Gasteiger partial charge in [-0.1, -0.05) is 54.6 Å². The lowest BCUT2D eigenvalue weighted by atomic mass is 10.0. The number of imidazole rings is 1. The van der Waals surface area contributed by atoms with Crippen molar-refractivity contribution in [3.63, 3.8) is 0 Å². The Morgan fingerprint density at radius 2 is 1.87 bits per heavy atom. The molecule has 31 heavy (non-hydrogen) atoms. The highest BCUT2D eigenvalue weighted by molar-refractivity contribution is 7.99. The molecule has 0 spiro atoms. The fraction of sp³-hybridized carbons (Fsp3) is 0.0417. The van der Waals surface area contributed by atoms with Crippen molar-refractivity contribution < 1.29 is 9.21 Å². The lowest BCUT2D eigenvalue weighted by Crippen LogP contribution is -2.19. The molecule has 1 amide bonds. The smallest absolute Gasteiger partial charge is 0.244 e. The molecule has 0 saturated heterocycles. The summed E-state index contributed by atoms with van der Waals surface area (Å²) in [4.78, 5) is 20.1. The van der Waals surface area contributed by atoms with Gasteiger partial charge in [0.25, 0.3) is 0 Å². The maximum Gasteiger partial charge on any atom is 0.244 e. The van der Waals surface area contributed by atoms with Crippen molar-refractivity contribution in [2.75, 3.05) is 0 Å². The molecule has 5 rings (SSSR count). The van der Waals surface area contributed by atoms with E-state index in [0.29, 0.717) is 10.9 Å². The molecule has 0 aliphatic heterocycles. The van der Waals surface area contributed by atoms with Crippen molar-refractivity contribution in [2.45, 2.75) is 16.7 Å². The van der Waals surface area contributed by atoms with Crippen LogP contribution >= 0.6 is 11.8 Å². The number of aromatic nitrogens is 2. The molecule has 2 heterocycles. The number of hydrogen-bond donors (Lipinski definition) is 2. The number of nitrogens with zero attached hydrogens (tertiary/aromatic N) is 2. The summed E-state index contributed by atoms with van der Waals surface area (Å²) >= 11 is 1.39. The fourth-order valence-corrected chi connectivity index (χ4v) is 4.13. The Morgan fingerprint density at radius 3 is 2.81 bits per heavy atom. The molecule has 3 aromatic carbocycles.